The van der Waals surface area contributed by atoms with Crippen molar-refractivity contribution in [1.82, 2.24) is 9.78 Å². The van der Waals surface area contributed by atoms with Crippen LogP contribution in [0.3, 0.4) is 0 Å². The number of rotatable bonds is 4. The van der Waals surface area contributed by atoms with Gasteiger partial charge in [0.05, 0.1) is 17.9 Å². The number of benzene rings is 1. The summed E-state index contributed by atoms with van der Waals surface area (Å²) in [6.07, 6.45) is -0.496. The zero-order valence-electron chi connectivity index (χ0n) is 14.3. The topological polar surface area (TPSA) is 77.5 Å². The van der Waals surface area contributed by atoms with Gasteiger partial charge in [0.2, 0.25) is 0 Å². The number of aryl methyl sites for hydroxylation is 2. The van der Waals surface area contributed by atoms with E-state index in [1.165, 1.54) is 23.8 Å². The second-order valence-electron chi connectivity index (χ2n) is 6.10. The predicted octanol–water partition coefficient (Wildman–Crippen LogP) is 3.12. The van der Waals surface area contributed by atoms with E-state index in [-0.39, 0.29) is 11.7 Å². The third-order valence-corrected chi connectivity index (χ3v) is 4.19. The molecule has 1 aliphatic rings. The van der Waals surface area contributed by atoms with E-state index in [2.05, 4.69) is 20.1 Å². The molecule has 9 heteroatoms. The summed E-state index contributed by atoms with van der Waals surface area (Å²) in [7, 11) is 1.88. The average molecular weight is 367 g/mol. The smallest absolute Gasteiger partial charge is 0.406 e. The maximum absolute atomic E-state index is 12.3. The Morgan fingerprint density at radius 2 is 2.12 bits per heavy atom. The predicted molar refractivity (Wildman–Crippen MR) is 91.9 cm³/mol. The third-order valence-electron chi connectivity index (χ3n) is 4.19. The number of aliphatic imine (C=N–C) groups is 1. The summed E-state index contributed by atoms with van der Waals surface area (Å²) in [5.41, 5.74) is 9.60. The first-order valence-corrected chi connectivity index (χ1v) is 8.28. The van der Waals surface area contributed by atoms with Gasteiger partial charge in [0.25, 0.3) is 0 Å². The fourth-order valence-electron chi connectivity index (χ4n) is 3.06. The minimum absolute atomic E-state index is 0.111. The van der Waals surface area contributed by atoms with E-state index in [0.29, 0.717) is 12.2 Å². The lowest BCUT2D eigenvalue weighted by molar-refractivity contribution is -0.274. The molecule has 1 aliphatic carbocycles. The standard InChI is InChI=1S/C17H20F3N5O/c1-25-15(13-7-2-3-8-14(13)24-25)10-22-16(21)23-11-5-4-6-12(9-11)26-17(18,19)20/h4-6,9H,2-3,7-8,10H2,1H3,(H3,21,22,23). The number of guanidine groups is 1. The van der Waals surface area contributed by atoms with Crippen molar-refractivity contribution in [2.24, 2.45) is 17.8 Å². The molecule has 0 radical (unpaired) electrons. The number of nitrogens with one attached hydrogen (secondary N) is 1. The molecule has 140 valence electrons. The number of hydrogen-bond acceptors (Lipinski definition) is 3. The van der Waals surface area contributed by atoms with Gasteiger partial charge in [-0.2, -0.15) is 5.10 Å². The van der Waals surface area contributed by atoms with Gasteiger partial charge >= 0.3 is 6.36 Å². The van der Waals surface area contributed by atoms with Gasteiger partial charge < -0.3 is 15.8 Å². The van der Waals surface area contributed by atoms with Gasteiger partial charge in [-0.3, -0.25) is 4.68 Å². The zero-order chi connectivity index (χ0) is 18.7. The van der Waals surface area contributed by atoms with Crippen molar-refractivity contribution in [3.05, 3.63) is 41.2 Å². The highest BCUT2D eigenvalue weighted by Crippen LogP contribution is 2.26. The van der Waals surface area contributed by atoms with Crippen LogP contribution in [0.15, 0.2) is 29.3 Å². The van der Waals surface area contributed by atoms with E-state index in [1.54, 1.807) is 6.07 Å². The first-order chi connectivity index (χ1) is 12.3. The van der Waals surface area contributed by atoms with Crippen LogP contribution in [0.4, 0.5) is 18.9 Å². The number of alkyl halides is 3. The number of nitrogens with two attached hydrogens (primary N) is 1. The lowest BCUT2D eigenvalue weighted by atomic mass is 9.96. The fraction of sp³-hybridized carbons (Fsp3) is 0.412. The van der Waals surface area contributed by atoms with E-state index < -0.39 is 6.36 Å². The minimum atomic E-state index is -4.74. The first-order valence-electron chi connectivity index (χ1n) is 8.28. The van der Waals surface area contributed by atoms with E-state index in [0.717, 1.165) is 37.1 Å². The molecular formula is C17H20F3N5O. The Hall–Kier alpha value is -2.71. The number of anilines is 1. The molecule has 0 unspecified atom stereocenters. The lowest BCUT2D eigenvalue weighted by Gasteiger charge is -2.12. The van der Waals surface area contributed by atoms with Crippen molar-refractivity contribution < 1.29 is 17.9 Å². The van der Waals surface area contributed by atoms with E-state index in [1.807, 2.05) is 11.7 Å². The first kappa shape index (κ1) is 18.1. The molecule has 0 atom stereocenters. The van der Waals surface area contributed by atoms with E-state index in [9.17, 15) is 13.2 Å². The van der Waals surface area contributed by atoms with Crippen molar-refractivity contribution in [2.75, 3.05) is 5.32 Å². The van der Waals surface area contributed by atoms with Crippen LogP contribution < -0.4 is 15.8 Å². The molecule has 6 nitrogen and oxygen atoms in total. The number of halogens is 3. The van der Waals surface area contributed by atoms with Crippen molar-refractivity contribution >= 4 is 11.6 Å². The largest absolute Gasteiger partial charge is 0.573 e. The molecule has 1 heterocycles. The van der Waals surface area contributed by atoms with Crippen LogP contribution in [0.5, 0.6) is 5.75 Å². The van der Waals surface area contributed by atoms with E-state index in [4.69, 9.17) is 5.73 Å². The number of ether oxygens (including phenoxy) is 1. The Morgan fingerprint density at radius 1 is 1.35 bits per heavy atom. The van der Waals surface area contributed by atoms with Crippen molar-refractivity contribution in [2.45, 2.75) is 38.6 Å². The normalized spacial score (nSPS) is 14.8. The maximum atomic E-state index is 12.3. The molecule has 0 fully saturated rings. The van der Waals surface area contributed by atoms with Crippen LogP contribution in [0, 0.1) is 0 Å². The summed E-state index contributed by atoms with van der Waals surface area (Å²) in [6, 6.07) is 5.45. The summed E-state index contributed by atoms with van der Waals surface area (Å²) in [4.78, 5) is 4.29. The second kappa shape index (κ2) is 7.27. The fourth-order valence-corrected chi connectivity index (χ4v) is 3.06. The molecular weight excluding hydrogens is 347 g/mol. The minimum Gasteiger partial charge on any atom is -0.406 e. The SMILES string of the molecule is Cn1nc2c(c1CN=C(N)Nc1cccc(OC(F)(F)F)c1)CCCC2. The summed E-state index contributed by atoms with van der Waals surface area (Å²) in [5, 5.41) is 7.30. The van der Waals surface area contributed by atoms with Gasteiger partial charge in [-0.25, -0.2) is 4.99 Å². The van der Waals surface area contributed by atoms with Gasteiger partial charge in [0, 0.05) is 18.8 Å². The highest BCUT2D eigenvalue weighted by molar-refractivity contribution is 5.92. The number of nitrogens with zero attached hydrogens (tertiary/aromatic N) is 3. The van der Waals surface area contributed by atoms with Gasteiger partial charge in [-0.15, -0.1) is 13.2 Å². The average Bonchev–Trinajstić information content (AvgIpc) is 2.87. The molecule has 1 aromatic heterocycles. The van der Waals surface area contributed by atoms with Crippen LogP contribution in [-0.4, -0.2) is 22.1 Å². The quantitative estimate of drug-likeness (QED) is 0.643. The number of fused-ring (bicyclic) bond motifs is 1. The Kier molecular flexibility index (Phi) is 5.06. The van der Waals surface area contributed by atoms with Crippen LogP contribution >= 0.6 is 0 Å². The molecule has 3 N–H and O–H groups in total. The number of hydrogen-bond donors (Lipinski definition) is 2. The van der Waals surface area contributed by atoms with Gasteiger partial charge in [0.1, 0.15) is 5.75 Å². The van der Waals surface area contributed by atoms with Crippen molar-refractivity contribution in [3.8, 4) is 5.75 Å². The molecule has 0 spiro atoms. The molecule has 3 rings (SSSR count). The third kappa shape index (κ3) is 4.47. The van der Waals surface area contributed by atoms with Crippen LogP contribution in [0.1, 0.15) is 29.8 Å². The zero-order valence-corrected chi connectivity index (χ0v) is 14.3. The van der Waals surface area contributed by atoms with Crippen molar-refractivity contribution in [3.63, 3.8) is 0 Å². The maximum Gasteiger partial charge on any atom is 0.573 e. The van der Waals surface area contributed by atoms with Crippen LogP contribution in [-0.2, 0) is 26.4 Å². The lowest BCUT2D eigenvalue weighted by Crippen LogP contribution is -2.23. The Labute approximate surface area is 148 Å². The van der Waals surface area contributed by atoms with E-state index >= 15 is 0 Å². The summed E-state index contributed by atoms with van der Waals surface area (Å²) < 4.78 is 42.6. The Morgan fingerprint density at radius 3 is 2.88 bits per heavy atom. The second-order valence-corrected chi connectivity index (χ2v) is 6.10. The molecule has 0 amide bonds. The highest BCUT2D eigenvalue weighted by atomic mass is 19.4. The molecule has 0 bridgehead atoms. The molecule has 1 aromatic carbocycles. The highest BCUT2D eigenvalue weighted by Gasteiger charge is 2.31. The van der Waals surface area contributed by atoms with Crippen LogP contribution in [0.25, 0.3) is 0 Å². The monoisotopic (exact) mass is 367 g/mol. The van der Waals surface area contributed by atoms with Gasteiger partial charge in [0.15, 0.2) is 5.96 Å². The molecule has 26 heavy (non-hydrogen) atoms. The van der Waals surface area contributed by atoms with Gasteiger partial charge in [-0.05, 0) is 43.4 Å². The molecule has 0 saturated carbocycles. The summed E-state index contributed by atoms with van der Waals surface area (Å²) in [6.45, 7) is 0.358. The molecule has 0 aliphatic heterocycles. The molecule has 2 aromatic rings. The molecule has 0 saturated heterocycles. The van der Waals surface area contributed by atoms with Crippen LogP contribution in [0.2, 0.25) is 0 Å². The number of aromatic nitrogens is 2. The summed E-state index contributed by atoms with van der Waals surface area (Å²) in [5.74, 6) is -0.212. The van der Waals surface area contributed by atoms with Gasteiger partial charge in [-0.1, -0.05) is 6.07 Å². The summed E-state index contributed by atoms with van der Waals surface area (Å²) >= 11 is 0. The van der Waals surface area contributed by atoms with Crippen molar-refractivity contribution in [1.29, 1.82) is 0 Å². The Balaban J connectivity index is 1.68. The Bertz CT molecular complexity index is 813.